The summed E-state index contributed by atoms with van der Waals surface area (Å²) in [5.41, 5.74) is 8.05. The third kappa shape index (κ3) is 4.11. The van der Waals surface area contributed by atoms with Crippen molar-refractivity contribution in [3.63, 3.8) is 0 Å². The van der Waals surface area contributed by atoms with E-state index in [1.165, 1.54) is 4.90 Å². The summed E-state index contributed by atoms with van der Waals surface area (Å²) in [5, 5.41) is 13.0. The Bertz CT molecular complexity index is 502. The number of nitrogens with zero attached hydrogens (tertiary/aromatic N) is 1. The number of aliphatic hydroxyl groups is 1. The van der Waals surface area contributed by atoms with E-state index in [2.05, 4.69) is 5.32 Å². The lowest BCUT2D eigenvalue weighted by Gasteiger charge is -2.26. The van der Waals surface area contributed by atoms with Crippen LogP contribution in [0.3, 0.4) is 0 Å². The topological polar surface area (TPSA) is 78.6 Å². The Morgan fingerprint density at radius 3 is 2.81 bits per heavy atom. The molecule has 1 amide bonds. The Balaban J connectivity index is 1.96. The molecule has 0 bridgehead atoms. The molecule has 1 aromatic carbocycles. The van der Waals surface area contributed by atoms with E-state index in [0.29, 0.717) is 17.2 Å². The van der Waals surface area contributed by atoms with Gasteiger partial charge in [0.2, 0.25) is 0 Å². The van der Waals surface area contributed by atoms with E-state index in [-0.39, 0.29) is 12.0 Å². The molecule has 5 heteroatoms. The summed E-state index contributed by atoms with van der Waals surface area (Å²) in [6.45, 7) is 0.808. The van der Waals surface area contributed by atoms with Gasteiger partial charge in [0.1, 0.15) is 0 Å². The number of hydrogen-bond acceptors (Lipinski definition) is 4. The van der Waals surface area contributed by atoms with Crippen LogP contribution in [0.4, 0.5) is 11.4 Å². The number of carbonyl (C=O) groups excluding carboxylic acids is 1. The Hall–Kier alpha value is -1.75. The summed E-state index contributed by atoms with van der Waals surface area (Å²) >= 11 is 0. The smallest absolute Gasteiger partial charge is 0.253 e. The van der Waals surface area contributed by atoms with Crippen molar-refractivity contribution in [1.29, 1.82) is 0 Å². The maximum absolute atomic E-state index is 11.9. The van der Waals surface area contributed by atoms with Crippen LogP contribution in [-0.2, 0) is 0 Å². The van der Waals surface area contributed by atoms with Gasteiger partial charge in [-0.2, -0.15) is 0 Å². The lowest BCUT2D eigenvalue weighted by molar-refractivity contribution is 0.0827. The zero-order valence-electron chi connectivity index (χ0n) is 12.8. The molecule has 4 N–H and O–H groups in total. The average Bonchev–Trinajstić information content (AvgIpc) is 2.45. The normalized spacial score (nSPS) is 21.9. The first-order chi connectivity index (χ1) is 9.97. The third-order valence-corrected chi connectivity index (χ3v) is 4.04. The van der Waals surface area contributed by atoms with Gasteiger partial charge in [-0.15, -0.1) is 0 Å². The largest absolute Gasteiger partial charge is 0.397 e. The molecule has 2 unspecified atom stereocenters. The minimum atomic E-state index is -0.164. The fraction of sp³-hybridized carbons (Fsp3) is 0.562. The standard InChI is InChI=1S/C16H25N3O2/c1-19(2)16(21)12-6-7-15(14(17)9-12)18-10-11-4-3-5-13(20)8-11/h6-7,9,11,13,18,20H,3-5,8,10,17H2,1-2H3. The van der Waals surface area contributed by atoms with E-state index in [1.807, 2.05) is 6.07 Å². The van der Waals surface area contributed by atoms with Crippen LogP contribution in [0.1, 0.15) is 36.0 Å². The minimum absolute atomic E-state index is 0.0522. The highest BCUT2D eigenvalue weighted by molar-refractivity contribution is 5.95. The summed E-state index contributed by atoms with van der Waals surface area (Å²) in [5.74, 6) is 0.430. The Morgan fingerprint density at radius 1 is 1.43 bits per heavy atom. The van der Waals surface area contributed by atoms with E-state index < -0.39 is 0 Å². The first-order valence-electron chi connectivity index (χ1n) is 7.50. The summed E-state index contributed by atoms with van der Waals surface area (Å²) in [7, 11) is 3.44. The molecule has 116 valence electrons. The molecule has 5 nitrogen and oxygen atoms in total. The highest BCUT2D eigenvalue weighted by atomic mass is 16.3. The van der Waals surface area contributed by atoms with Crippen molar-refractivity contribution in [2.75, 3.05) is 31.7 Å². The van der Waals surface area contributed by atoms with Crippen LogP contribution in [0.2, 0.25) is 0 Å². The van der Waals surface area contributed by atoms with E-state index in [0.717, 1.165) is 37.9 Å². The molecular formula is C16H25N3O2. The van der Waals surface area contributed by atoms with Crippen molar-refractivity contribution in [2.45, 2.75) is 31.8 Å². The molecule has 0 saturated heterocycles. The summed E-state index contributed by atoms with van der Waals surface area (Å²) in [6, 6.07) is 5.35. The lowest BCUT2D eigenvalue weighted by atomic mass is 9.87. The second-order valence-electron chi connectivity index (χ2n) is 6.07. The number of rotatable bonds is 4. The Labute approximate surface area is 126 Å². The Kier molecular flexibility index (Phi) is 5.07. The molecular weight excluding hydrogens is 266 g/mol. The highest BCUT2D eigenvalue weighted by Crippen LogP contribution is 2.26. The first-order valence-corrected chi connectivity index (χ1v) is 7.50. The van der Waals surface area contributed by atoms with Gasteiger partial charge in [-0.25, -0.2) is 0 Å². The second kappa shape index (κ2) is 6.80. The molecule has 0 radical (unpaired) electrons. The Morgan fingerprint density at radius 2 is 2.19 bits per heavy atom. The fourth-order valence-corrected chi connectivity index (χ4v) is 2.82. The molecule has 1 fully saturated rings. The molecule has 21 heavy (non-hydrogen) atoms. The number of benzene rings is 1. The van der Waals surface area contributed by atoms with Gasteiger partial charge in [0, 0.05) is 26.2 Å². The van der Waals surface area contributed by atoms with Gasteiger partial charge in [-0.1, -0.05) is 6.42 Å². The molecule has 1 aliphatic rings. The van der Waals surface area contributed by atoms with Crippen molar-refractivity contribution in [2.24, 2.45) is 5.92 Å². The van der Waals surface area contributed by atoms with Crippen LogP contribution in [0.25, 0.3) is 0 Å². The van der Waals surface area contributed by atoms with Gasteiger partial charge in [-0.05, 0) is 43.4 Å². The first kappa shape index (κ1) is 15.6. The summed E-state index contributed by atoms with van der Waals surface area (Å²) in [6.07, 6.45) is 3.83. The van der Waals surface area contributed by atoms with Crippen LogP contribution in [0.15, 0.2) is 18.2 Å². The van der Waals surface area contributed by atoms with Crippen molar-refractivity contribution < 1.29 is 9.90 Å². The average molecular weight is 291 g/mol. The van der Waals surface area contributed by atoms with Crippen molar-refractivity contribution in [3.8, 4) is 0 Å². The molecule has 0 aromatic heterocycles. The van der Waals surface area contributed by atoms with Crippen molar-refractivity contribution >= 4 is 17.3 Å². The molecule has 0 heterocycles. The van der Waals surface area contributed by atoms with Crippen LogP contribution in [0, 0.1) is 5.92 Å². The number of hydrogen-bond donors (Lipinski definition) is 3. The van der Waals surface area contributed by atoms with E-state index in [1.54, 1.807) is 26.2 Å². The summed E-state index contributed by atoms with van der Waals surface area (Å²) < 4.78 is 0. The van der Waals surface area contributed by atoms with Crippen molar-refractivity contribution in [3.05, 3.63) is 23.8 Å². The van der Waals surface area contributed by atoms with Crippen molar-refractivity contribution in [1.82, 2.24) is 4.90 Å². The quantitative estimate of drug-likeness (QED) is 0.741. The van der Waals surface area contributed by atoms with Gasteiger partial charge in [0.25, 0.3) is 5.91 Å². The van der Waals surface area contributed by atoms with E-state index in [4.69, 9.17) is 5.73 Å². The predicted octanol–water partition coefficient (Wildman–Crippen LogP) is 1.93. The number of nitrogens with two attached hydrogens (primary N) is 1. The van der Waals surface area contributed by atoms with Crippen LogP contribution < -0.4 is 11.1 Å². The van der Waals surface area contributed by atoms with Gasteiger partial charge in [0.15, 0.2) is 0 Å². The van der Waals surface area contributed by atoms with Crippen LogP contribution >= 0.6 is 0 Å². The predicted molar refractivity (Wildman–Crippen MR) is 85.3 cm³/mol. The molecule has 0 spiro atoms. The number of amides is 1. The fourth-order valence-electron chi connectivity index (χ4n) is 2.82. The summed E-state index contributed by atoms with van der Waals surface area (Å²) in [4.78, 5) is 13.4. The van der Waals surface area contributed by atoms with E-state index >= 15 is 0 Å². The van der Waals surface area contributed by atoms with Gasteiger partial charge < -0.3 is 21.1 Å². The number of nitrogen functional groups attached to an aromatic ring is 1. The molecule has 2 rings (SSSR count). The SMILES string of the molecule is CN(C)C(=O)c1ccc(NCC2CCCC(O)C2)c(N)c1. The number of carbonyl (C=O) groups is 1. The second-order valence-corrected chi connectivity index (χ2v) is 6.07. The van der Waals surface area contributed by atoms with Gasteiger partial charge >= 0.3 is 0 Å². The monoisotopic (exact) mass is 291 g/mol. The number of aliphatic hydroxyl groups excluding tert-OH is 1. The third-order valence-electron chi connectivity index (χ3n) is 4.04. The molecule has 0 aliphatic heterocycles. The lowest BCUT2D eigenvalue weighted by Crippen LogP contribution is -2.25. The maximum Gasteiger partial charge on any atom is 0.253 e. The maximum atomic E-state index is 11.9. The van der Waals surface area contributed by atoms with Gasteiger partial charge in [-0.3, -0.25) is 4.79 Å². The highest BCUT2D eigenvalue weighted by Gasteiger charge is 2.20. The molecule has 1 saturated carbocycles. The zero-order chi connectivity index (χ0) is 15.4. The van der Waals surface area contributed by atoms with Crippen LogP contribution in [-0.4, -0.2) is 42.7 Å². The zero-order valence-corrected chi connectivity index (χ0v) is 12.8. The molecule has 2 atom stereocenters. The molecule has 1 aromatic rings. The van der Waals surface area contributed by atoms with Gasteiger partial charge in [0.05, 0.1) is 17.5 Å². The van der Waals surface area contributed by atoms with Crippen LogP contribution in [0.5, 0.6) is 0 Å². The molecule has 1 aliphatic carbocycles. The number of anilines is 2. The van der Waals surface area contributed by atoms with E-state index in [9.17, 15) is 9.90 Å². The minimum Gasteiger partial charge on any atom is -0.397 e. The number of nitrogens with one attached hydrogen (secondary N) is 1.